The van der Waals surface area contributed by atoms with E-state index in [1.165, 1.54) is 18.2 Å². The van der Waals surface area contributed by atoms with E-state index in [9.17, 15) is 14.9 Å². The zero-order valence-corrected chi connectivity index (χ0v) is 17.2. The van der Waals surface area contributed by atoms with Gasteiger partial charge >= 0.3 is 0 Å². The van der Waals surface area contributed by atoms with E-state index in [0.717, 1.165) is 10.8 Å². The number of carbonyl (C=O) groups excluding carboxylic acids is 1. The number of carbonyl (C=O) groups is 1. The van der Waals surface area contributed by atoms with Gasteiger partial charge in [0.05, 0.1) is 17.6 Å². The highest BCUT2D eigenvalue weighted by atomic mass is 16.6. The molecule has 0 radical (unpaired) electrons. The van der Waals surface area contributed by atoms with Crippen molar-refractivity contribution in [1.29, 1.82) is 0 Å². The van der Waals surface area contributed by atoms with Gasteiger partial charge in [-0.15, -0.1) is 0 Å². The Morgan fingerprint density at radius 1 is 1.03 bits per heavy atom. The Kier molecular flexibility index (Phi) is 6.03. The number of benzene rings is 3. The fourth-order valence-electron chi connectivity index (χ4n) is 3.26. The normalized spacial score (nSPS) is 10.7. The van der Waals surface area contributed by atoms with Crippen molar-refractivity contribution in [2.45, 2.75) is 13.5 Å². The lowest BCUT2D eigenvalue weighted by molar-refractivity contribution is -0.384. The monoisotopic (exact) mass is 432 g/mol. The zero-order valence-electron chi connectivity index (χ0n) is 17.2. The van der Waals surface area contributed by atoms with Crippen LogP contribution in [0.4, 0.5) is 11.4 Å². The average Bonchev–Trinajstić information content (AvgIpc) is 3.28. The molecular formula is C24H20N2O6. The highest BCUT2D eigenvalue weighted by molar-refractivity contribution is 6.03. The second-order valence-corrected chi connectivity index (χ2v) is 6.86. The van der Waals surface area contributed by atoms with Gasteiger partial charge in [0.15, 0.2) is 5.76 Å². The van der Waals surface area contributed by atoms with Crippen LogP contribution in [0.5, 0.6) is 11.5 Å². The number of nitrogens with one attached hydrogen (secondary N) is 1. The Bertz CT molecular complexity index is 1280. The van der Waals surface area contributed by atoms with Crippen LogP contribution in [-0.4, -0.2) is 17.4 Å². The third kappa shape index (κ3) is 4.54. The topological polar surface area (TPSA) is 104 Å². The molecule has 0 bridgehead atoms. The first-order chi connectivity index (χ1) is 15.5. The zero-order chi connectivity index (χ0) is 22.5. The lowest BCUT2D eigenvalue weighted by Gasteiger charge is -2.08. The van der Waals surface area contributed by atoms with E-state index in [-0.39, 0.29) is 23.7 Å². The van der Waals surface area contributed by atoms with E-state index in [1.807, 2.05) is 42.5 Å². The molecule has 0 saturated carbocycles. The summed E-state index contributed by atoms with van der Waals surface area (Å²) in [4.78, 5) is 23.4. The second kappa shape index (κ2) is 9.22. The number of amides is 1. The van der Waals surface area contributed by atoms with Gasteiger partial charge < -0.3 is 19.2 Å². The van der Waals surface area contributed by atoms with Crippen LogP contribution in [-0.2, 0) is 6.61 Å². The maximum absolute atomic E-state index is 12.6. The predicted octanol–water partition coefficient (Wildman–Crippen LogP) is 5.57. The maximum atomic E-state index is 12.6. The lowest BCUT2D eigenvalue weighted by atomic mass is 10.1. The van der Waals surface area contributed by atoms with Gasteiger partial charge in [-0.25, -0.2) is 0 Å². The van der Waals surface area contributed by atoms with Crippen molar-refractivity contribution in [1.82, 2.24) is 0 Å². The van der Waals surface area contributed by atoms with Gasteiger partial charge in [-0.3, -0.25) is 14.9 Å². The van der Waals surface area contributed by atoms with Crippen molar-refractivity contribution < 1.29 is 23.6 Å². The number of nitro groups is 1. The summed E-state index contributed by atoms with van der Waals surface area (Å²) in [7, 11) is 0. The number of nitro benzene ring substituents is 1. The van der Waals surface area contributed by atoms with Crippen molar-refractivity contribution in [2.24, 2.45) is 0 Å². The van der Waals surface area contributed by atoms with Crippen LogP contribution in [0.15, 0.2) is 77.2 Å². The van der Waals surface area contributed by atoms with Gasteiger partial charge in [-0.1, -0.05) is 36.4 Å². The molecule has 0 spiro atoms. The highest BCUT2D eigenvalue weighted by Gasteiger charge is 2.20. The standard InChI is InChI=1S/C24H20N2O6/c1-2-30-17-10-12-20(21(14-17)26(28)29)25-24(27)23-13-11-18(32-23)15-31-22-9-5-7-16-6-3-4-8-19(16)22/h3-14H,2,15H2,1H3,(H,25,27). The molecule has 1 N–H and O–H groups in total. The van der Waals surface area contributed by atoms with Crippen molar-refractivity contribution in [3.05, 3.63) is 94.4 Å². The van der Waals surface area contributed by atoms with Crippen molar-refractivity contribution in [3.63, 3.8) is 0 Å². The van der Waals surface area contributed by atoms with Gasteiger partial charge in [0.25, 0.3) is 11.6 Å². The maximum Gasteiger partial charge on any atom is 0.296 e. The molecule has 0 aliphatic heterocycles. The smallest absolute Gasteiger partial charge is 0.296 e. The van der Waals surface area contributed by atoms with Crippen LogP contribution in [0.1, 0.15) is 23.2 Å². The number of ether oxygens (including phenoxy) is 2. The largest absolute Gasteiger partial charge is 0.494 e. The molecule has 1 aromatic heterocycles. The van der Waals surface area contributed by atoms with Crippen molar-refractivity contribution >= 4 is 28.1 Å². The quantitative estimate of drug-likeness (QED) is 0.288. The highest BCUT2D eigenvalue weighted by Crippen LogP contribution is 2.30. The lowest BCUT2D eigenvalue weighted by Crippen LogP contribution is -2.12. The Hall–Kier alpha value is -4.33. The summed E-state index contributed by atoms with van der Waals surface area (Å²) in [6, 6.07) is 21.0. The summed E-state index contributed by atoms with van der Waals surface area (Å²) in [5, 5.41) is 15.9. The summed E-state index contributed by atoms with van der Waals surface area (Å²) in [5.41, 5.74) is -0.219. The number of nitrogens with zero attached hydrogens (tertiary/aromatic N) is 1. The molecule has 8 nitrogen and oxygen atoms in total. The molecule has 0 fully saturated rings. The summed E-state index contributed by atoms with van der Waals surface area (Å²) in [5.74, 6) is 0.918. The van der Waals surface area contributed by atoms with E-state index >= 15 is 0 Å². The number of furan rings is 1. The first-order valence-corrected chi connectivity index (χ1v) is 9.97. The number of fused-ring (bicyclic) bond motifs is 1. The molecule has 1 heterocycles. The fourth-order valence-corrected chi connectivity index (χ4v) is 3.26. The van der Waals surface area contributed by atoms with E-state index < -0.39 is 10.8 Å². The number of anilines is 1. The minimum absolute atomic E-state index is 0.0182. The van der Waals surface area contributed by atoms with Gasteiger partial charge in [0.2, 0.25) is 0 Å². The molecule has 162 valence electrons. The van der Waals surface area contributed by atoms with Gasteiger partial charge in [-0.05, 0) is 42.6 Å². The van der Waals surface area contributed by atoms with E-state index in [0.29, 0.717) is 23.9 Å². The second-order valence-electron chi connectivity index (χ2n) is 6.86. The van der Waals surface area contributed by atoms with E-state index in [4.69, 9.17) is 13.9 Å². The number of hydrogen-bond acceptors (Lipinski definition) is 6. The molecule has 8 heteroatoms. The van der Waals surface area contributed by atoms with Gasteiger partial charge in [0, 0.05) is 5.39 Å². The third-order valence-electron chi connectivity index (χ3n) is 4.73. The van der Waals surface area contributed by atoms with Gasteiger partial charge in [-0.2, -0.15) is 0 Å². The van der Waals surface area contributed by atoms with Crippen LogP contribution in [0.3, 0.4) is 0 Å². The molecule has 0 aliphatic rings. The molecular weight excluding hydrogens is 412 g/mol. The van der Waals surface area contributed by atoms with Crippen LogP contribution in [0.2, 0.25) is 0 Å². The summed E-state index contributed by atoms with van der Waals surface area (Å²) in [6.07, 6.45) is 0. The van der Waals surface area contributed by atoms with Gasteiger partial charge in [0.1, 0.15) is 29.6 Å². The van der Waals surface area contributed by atoms with Crippen LogP contribution >= 0.6 is 0 Å². The Labute approximate surface area is 183 Å². The van der Waals surface area contributed by atoms with Crippen LogP contribution in [0.25, 0.3) is 10.8 Å². The van der Waals surface area contributed by atoms with E-state index in [2.05, 4.69) is 5.32 Å². The molecule has 0 aliphatic carbocycles. The molecule has 4 rings (SSSR count). The van der Waals surface area contributed by atoms with Crippen molar-refractivity contribution in [3.8, 4) is 11.5 Å². The van der Waals surface area contributed by atoms with E-state index in [1.54, 1.807) is 19.1 Å². The molecule has 1 amide bonds. The molecule has 0 unspecified atom stereocenters. The molecule has 0 atom stereocenters. The number of hydrogen-bond donors (Lipinski definition) is 1. The molecule has 4 aromatic rings. The summed E-state index contributed by atoms with van der Waals surface area (Å²) in [6.45, 7) is 2.28. The molecule has 3 aromatic carbocycles. The first-order valence-electron chi connectivity index (χ1n) is 9.97. The van der Waals surface area contributed by atoms with Crippen LogP contribution in [0, 0.1) is 10.1 Å². The molecule has 32 heavy (non-hydrogen) atoms. The summed E-state index contributed by atoms with van der Waals surface area (Å²) < 4.78 is 16.7. The minimum Gasteiger partial charge on any atom is -0.494 e. The third-order valence-corrected chi connectivity index (χ3v) is 4.73. The summed E-state index contributed by atoms with van der Waals surface area (Å²) >= 11 is 0. The Balaban J connectivity index is 1.45. The van der Waals surface area contributed by atoms with Crippen LogP contribution < -0.4 is 14.8 Å². The number of rotatable bonds is 8. The Morgan fingerprint density at radius 3 is 2.66 bits per heavy atom. The predicted molar refractivity (Wildman–Crippen MR) is 119 cm³/mol. The van der Waals surface area contributed by atoms with Crippen molar-refractivity contribution in [2.75, 3.05) is 11.9 Å². The first kappa shape index (κ1) is 20.9. The SMILES string of the molecule is CCOc1ccc(NC(=O)c2ccc(COc3cccc4ccccc34)o2)c([N+](=O)[O-])c1. The Morgan fingerprint density at radius 2 is 1.84 bits per heavy atom. The minimum atomic E-state index is -0.603. The average molecular weight is 432 g/mol. The fraction of sp³-hybridized carbons (Fsp3) is 0.125. The molecule has 0 saturated heterocycles.